The minimum absolute atomic E-state index is 0.0166. The molecule has 1 N–H and O–H groups in total. The highest BCUT2D eigenvalue weighted by Crippen LogP contribution is 2.23. The van der Waals surface area contributed by atoms with Gasteiger partial charge in [-0.05, 0) is 43.8 Å². The second-order valence-electron chi connectivity index (χ2n) is 7.89. The van der Waals surface area contributed by atoms with Gasteiger partial charge < -0.3 is 14.7 Å². The normalized spacial score (nSPS) is 11.0. The molecule has 162 valence electrons. The first kappa shape index (κ1) is 21.5. The van der Waals surface area contributed by atoms with E-state index in [2.05, 4.69) is 32.5 Å². The molecule has 4 aromatic rings. The quantitative estimate of drug-likeness (QED) is 0.421. The highest BCUT2D eigenvalue weighted by molar-refractivity contribution is 5.91. The van der Waals surface area contributed by atoms with Gasteiger partial charge in [0.25, 0.3) is 5.89 Å². The molecular formula is C26H26N4O2. The van der Waals surface area contributed by atoms with Crippen molar-refractivity contribution in [3.05, 3.63) is 90.0 Å². The number of amides is 1. The Morgan fingerprint density at radius 3 is 2.34 bits per heavy atom. The fourth-order valence-corrected chi connectivity index (χ4v) is 3.35. The molecule has 0 saturated heterocycles. The number of rotatable bonds is 8. The minimum atomic E-state index is -0.0166. The van der Waals surface area contributed by atoms with E-state index in [9.17, 15) is 4.79 Å². The lowest BCUT2D eigenvalue weighted by Crippen LogP contribution is -2.24. The number of anilines is 1. The van der Waals surface area contributed by atoms with Crippen LogP contribution in [0.25, 0.3) is 22.8 Å². The molecule has 6 heteroatoms. The summed E-state index contributed by atoms with van der Waals surface area (Å²) in [6.45, 7) is 3.54. The molecule has 1 heterocycles. The van der Waals surface area contributed by atoms with Crippen LogP contribution in [0.15, 0.2) is 83.4 Å². The maximum Gasteiger partial charge on any atom is 0.258 e. The van der Waals surface area contributed by atoms with Gasteiger partial charge >= 0.3 is 0 Å². The Morgan fingerprint density at radius 1 is 0.938 bits per heavy atom. The first-order valence-corrected chi connectivity index (χ1v) is 10.6. The summed E-state index contributed by atoms with van der Waals surface area (Å²) in [5.74, 6) is 0.982. The summed E-state index contributed by atoms with van der Waals surface area (Å²) in [4.78, 5) is 19.0. The number of nitrogens with one attached hydrogen (secondary N) is 1. The zero-order valence-corrected chi connectivity index (χ0v) is 18.3. The number of aryl methyl sites for hydroxylation is 1. The Hall–Kier alpha value is -3.77. The molecule has 0 fully saturated rings. The van der Waals surface area contributed by atoms with Crippen LogP contribution in [0.3, 0.4) is 0 Å². The smallest absolute Gasteiger partial charge is 0.258 e. The number of hydrogen-bond donors (Lipinski definition) is 1. The molecule has 0 spiro atoms. The Bertz CT molecular complexity index is 1150. The predicted molar refractivity (Wildman–Crippen MR) is 126 cm³/mol. The van der Waals surface area contributed by atoms with Gasteiger partial charge in [-0.15, -0.1) is 0 Å². The van der Waals surface area contributed by atoms with Crippen LogP contribution in [0, 0.1) is 6.92 Å². The third-order valence-electron chi connectivity index (χ3n) is 5.17. The van der Waals surface area contributed by atoms with Gasteiger partial charge in [0.15, 0.2) is 0 Å². The van der Waals surface area contributed by atoms with Crippen LogP contribution < -0.4 is 5.32 Å². The number of hydrogen-bond acceptors (Lipinski definition) is 5. The SMILES string of the molecule is Cc1ccc(-c2noc(-c3ccc(NC(=O)CCN(C)Cc4ccccc4)cc3)n2)cc1. The largest absolute Gasteiger partial charge is 0.334 e. The van der Waals surface area contributed by atoms with Crippen molar-refractivity contribution in [2.75, 3.05) is 18.9 Å². The van der Waals surface area contributed by atoms with Crippen LogP contribution in [0.1, 0.15) is 17.5 Å². The van der Waals surface area contributed by atoms with Crippen molar-refractivity contribution in [3.63, 3.8) is 0 Å². The molecule has 0 aliphatic heterocycles. The first-order chi connectivity index (χ1) is 15.6. The van der Waals surface area contributed by atoms with Gasteiger partial charge in [-0.1, -0.05) is 65.3 Å². The maximum atomic E-state index is 12.3. The predicted octanol–water partition coefficient (Wildman–Crippen LogP) is 5.17. The highest BCUT2D eigenvalue weighted by atomic mass is 16.5. The maximum absolute atomic E-state index is 12.3. The second-order valence-corrected chi connectivity index (χ2v) is 7.89. The van der Waals surface area contributed by atoms with Crippen LogP contribution in [-0.4, -0.2) is 34.5 Å². The first-order valence-electron chi connectivity index (χ1n) is 10.6. The highest BCUT2D eigenvalue weighted by Gasteiger charge is 2.11. The van der Waals surface area contributed by atoms with Gasteiger partial charge in [-0.2, -0.15) is 4.98 Å². The van der Waals surface area contributed by atoms with E-state index in [0.29, 0.717) is 24.7 Å². The Labute approximate surface area is 187 Å². The monoisotopic (exact) mass is 426 g/mol. The third kappa shape index (κ3) is 5.68. The van der Waals surface area contributed by atoms with Crippen LogP contribution in [0.2, 0.25) is 0 Å². The van der Waals surface area contributed by atoms with Crippen molar-refractivity contribution >= 4 is 11.6 Å². The molecule has 0 unspecified atom stereocenters. The van der Waals surface area contributed by atoms with Crippen LogP contribution in [-0.2, 0) is 11.3 Å². The average molecular weight is 427 g/mol. The number of carbonyl (C=O) groups is 1. The van der Waals surface area contributed by atoms with E-state index in [0.717, 1.165) is 23.4 Å². The topological polar surface area (TPSA) is 71.3 Å². The summed E-state index contributed by atoms with van der Waals surface area (Å²) in [5.41, 5.74) is 4.86. The van der Waals surface area contributed by atoms with Gasteiger partial charge in [0.05, 0.1) is 0 Å². The molecule has 0 aliphatic carbocycles. The number of nitrogens with zero attached hydrogens (tertiary/aromatic N) is 3. The lowest BCUT2D eigenvalue weighted by molar-refractivity contribution is -0.116. The molecule has 0 saturated carbocycles. The Morgan fingerprint density at radius 2 is 1.62 bits per heavy atom. The summed E-state index contributed by atoms with van der Waals surface area (Å²) in [6, 6.07) is 25.6. The minimum Gasteiger partial charge on any atom is -0.334 e. The van der Waals surface area contributed by atoms with E-state index >= 15 is 0 Å². The molecule has 3 aromatic carbocycles. The van der Waals surface area contributed by atoms with Crippen molar-refractivity contribution in [1.29, 1.82) is 0 Å². The van der Waals surface area contributed by atoms with Gasteiger partial charge in [0, 0.05) is 36.3 Å². The molecule has 4 rings (SSSR count). The van der Waals surface area contributed by atoms with E-state index in [1.807, 2.05) is 80.7 Å². The lowest BCUT2D eigenvalue weighted by atomic mass is 10.1. The van der Waals surface area contributed by atoms with E-state index in [4.69, 9.17) is 4.52 Å². The number of carbonyl (C=O) groups excluding carboxylic acids is 1. The number of aromatic nitrogens is 2. The molecule has 0 aliphatic rings. The van der Waals surface area contributed by atoms with Gasteiger partial charge in [0.1, 0.15) is 0 Å². The van der Waals surface area contributed by atoms with Crippen molar-refractivity contribution in [1.82, 2.24) is 15.0 Å². The summed E-state index contributed by atoms with van der Waals surface area (Å²) in [7, 11) is 2.02. The summed E-state index contributed by atoms with van der Waals surface area (Å²) in [6.07, 6.45) is 0.425. The van der Waals surface area contributed by atoms with Gasteiger partial charge in [-0.25, -0.2) is 0 Å². The molecule has 0 atom stereocenters. The summed E-state index contributed by atoms with van der Waals surface area (Å²) >= 11 is 0. The molecule has 1 aromatic heterocycles. The molecule has 1 amide bonds. The fraction of sp³-hybridized carbons (Fsp3) is 0.192. The van der Waals surface area contributed by atoms with Crippen LogP contribution in [0.4, 0.5) is 5.69 Å². The van der Waals surface area contributed by atoms with E-state index in [1.165, 1.54) is 11.1 Å². The number of benzene rings is 3. The van der Waals surface area contributed by atoms with Gasteiger partial charge in [0.2, 0.25) is 11.7 Å². The van der Waals surface area contributed by atoms with E-state index in [-0.39, 0.29) is 5.91 Å². The summed E-state index contributed by atoms with van der Waals surface area (Å²) in [5, 5.41) is 7.02. The van der Waals surface area contributed by atoms with Gasteiger partial charge in [-0.3, -0.25) is 4.79 Å². The van der Waals surface area contributed by atoms with Crippen molar-refractivity contribution in [3.8, 4) is 22.8 Å². The standard InChI is InChI=1S/C26H26N4O2/c1-19-8-10-21(11-9-19)25-28-26(32-29-25)22-12-14-23(15-13-22)27-24(31)16-17-30(2)18-20-6-4-3-5-7-20/h3-15H,16-18H2,1-2H3,(H,27,31). The van der Waals surface area contributed by atoms with E-state index < -0.39 is 0 Å². The third-order valence-corrected chi connectivity index (χ3v) is 5.17. The molecule has 6 nitrogen and oxygen atoms in total. The second kappa shape index (κ2) is 10.0. The van der Waals surface area contributed by atoms with Crippen molar-refractivity contribution in [2.24, 2.45) is 0 Å². The Kier molecular flexibility index (Phi) is 6.72. The van der Waals surface area contributed by atoms with Crippen molar-refractivity contribution < 1.29 is 9.32 Å². The fourth-order valence-electron chi connectivity index (χ4n) is 3.35. The molecule has 0 bridgehead atoms. The summed E-state index contributed by atoms with van der Waals surface area (Å²) < 4.78 is 5.42. The average Bonchev–Trinajstić information content (AvgIpc) is 3.30. The van der Waals surface area contributed by atoms with Crippen LogP contribution in [0.5, 0.6) is 0 Å². The van der Waals surface area contributed by atoms with Crippen LogP contribution >= 0.6 is 0 Å². The zero-order chi connectivity index (χ0) is 22.3. The molecular weight excluding hydrogens is 400 g/mol. The van der Waals surface area contributed by atoms with E-state index in [1.54, 1.807) is 0 Å². The lowest BCUT2D eigenvalue weighted by Gasteiger charge is -2.16. The zero-order valence-electron chi connectivity index (χ0n) is 18.3. The Balaban J connectivity index is 1.30. The van der Waals surface area contributed by atoms with Crippen molar-refractivity contribution in [2.45, 2.75) is 19.9 Å². The molecule has 0 radical (unpaired) electrons. The molecule has 32 heavy (non-hydrogen) atoms.